The Hall–Kier alpha value is -3.90. The fourth-order valence-electron chi connectivity index (χ4n) is 3.34. The summed E-state index contributed by atoms with van der Waals surface area (Å²) in [5, 5.41) is 4.07. The predicted octanol–water partition coefficient (Wildman–Crippen LogP) is 7.19. The van der Waals surface area contributed by atoms with E-state index in [4.69, 9.17) is 4.74 Å². The van der Waals surface area contributed by atoms with Crippen molar-refractivity contribution in [2.24, 2.45) is 0 Å². The number of halogens is 3. The van der Waals surface area contributed by atoms with Gasteiger partial charge in [0.2, 0.25) is 0 Å². The van der Waals surface area contributed by atoms with Crippen molar-refractivity contribution in [2.45, 2.75) is 0 Å². The number of hydrogen-bond acceptors (Lipinski definition) is 4. The molecule has 0 saturated heterocycles. The fraction of sp³-hybridized carbons (Fsp3) is 0.0312. The first-order valence-corrected chi connectivity index (χ1v) is 12.0. The molecule has 219 valence electrons. The van der Waals surface area contributed by atoms with Crippen molar-refractivity contribution >= 4 is 0 Å². The van der Waals surface area contributed by atoms with Crippen molar-refractivity contribution in [2.75, 3.05) is 7.11 Å². The van der Waals surface area contributed by atoms with Gasteiger partial charge >= 0.3 is 0 Å². The molecule has 1 radical (unpaired) electrons. The van der Waals surface area contributed by atoms with Crippen molar-refractivity contribution in [3.63, 3.8) is 0 Å². The summed E-state index contributed by atoms with van der Waals surface area (Å²) in [5.74, 6) is -1.08. The van der Waals surface area contributed by atoms with Gasteiger partial charge in [0.25, 0.3) is 0 Å². The molecule has 0 aliphatic heterocycles. The van der Waals surface area contributed by atoms with Gasteiger partial charge < -0.3 is 14.7 Å². The summed E-state index contributed by atoms with van der Waals surface area (Å²) in [6.07, 6.45) is 6.84. The third-order valence-electron chi connectivity index (χ3n) is 5.24. The Morgan fingerprint density at radius 3 is 2.14 bits per heavy atom. The van der Waals surface area contributed by atoms with Gasteiger partial charge in [-0.15, -0.1) is 48.0 Å². The van der Waals surface area contributed by atoms with Gasteiger partial charge in [0.05, 0.1) is 7.11 Å². The molecule has 0 amide bonds. The molecule has 3 aromatic heterocycles. The van der Waals surface area contributed by atoms with Crippen LogP contribution in [-0.2, 0) is 41.2 Å². The van der Waals surface area contributed by atoms with Crippen LogP contribution >= 0.6 is 0 Å². The fourth-order valence-corrected chi connectivity index (χ4v) is 3.34. The summed E-state index contributed by atoms with van der Waals surface area (Å²) in [6.45, 7) is 0. The number of methoxy groups -OCH3 is 1. The number of para-hydroxylation sites is 1. The molecule has 3 heterocycles. The Labute approximate surface area is 270 Å². The average Bonchev–Trinajstić information content (AvgIpc) is 3.55. The minimum atomic E-state index is -0.694. The number of rotatable bonds is 4. The molecular weight excluding hydrogens is 901 g/mol. The minimum Gasteiger partial charge on any atom is -0.497 e. The van der Waals surface area contributed by atoms with Crippen LogP contribution in [-0.4, -0.2) is 26.9 Å². The molecule has 42 heavy (non-hydrogen) atoms. The normalized spacial score (nSPS) is 9.52. The Morgan fingerprint density at radius 2 is 1.52 bits per heavy atom. The molecule has 0 aliphatic rings. The second kappa shape index (κ2) is 17.8. The van der Waals surface area contributed by atoms with Crippen LogP contribution in [0.2, 0.25) is 0 Å². The average molecular weight is 923 g/mol. The Bertz CT molecular complexity index is 1610. The number of hydrogen-bond donors (Lipinski definition) is 0. The summed E-state index contributed by atoms with van der Waals surface area (Å²) in [6, 6.07) is 33.1. The molecule has 6 rings (SSSR count). The van der Waals surface area contributed by atoms with Crippen molar-refractivity contribution < 1.29 is 59.1 Å². The molecule has 3 aromatic carbocycles. The van der Waals surface area contributed by atoms with Crippen LogP contribution in [0.5, 0.6) is 5.75 Å². The van der Waals surface area contributed by atoms with Gasteiger partial charge in [-0.05, 0) is 41.3 Å². The number of aromatic nitrogens is 4. The maximum absolute atomic E-state index is 13.4. The molecule has 0 aliphatic carbocycles. The van der Waals surface area contributed by atoms with E-state index >= 15 is 0 Å². The van der Waals surface area contributed by atoms with Crippen LogP contribution in [0.1, 0.15) is 0 Å². The molecule has 6 aromatic rings. The first kappa shape index (κ1) is 34.3. The van der Waals surface area contributed by atoms with Crippen LogP contribution in [0.4, 0.5) is 13.2 Å². The molecule has 5 nitrogen and oxygen atoms in total. The standard InChI is InChI=1S/C12H8F2NO.C11H7FN.C9H7N2.Ir.Pt/c1-16-9-4-5-15-12(7-9)10-3-2-8(13)6-11(10)14;12-10-6-4-9(5-7-10)11-3-1-2-8-13-11;1-2-5-9(6-3-1)11-8-4-7-10-11;;/h2,4-7H,1H3;1-4,6-8H;1-5,7-8H;;/q3*-1;;. The third kappa shape index (κ3) is 10.2. The summed E-state index contributed by atoms with van der Waals surface area (Å²) in [7, 11) is 1.50. The first-order chi connectivity index (χ1) is 19.5. The molecular formula is C32H22F3IrN4OPt-3. The Morgan fingerprint density at radius 1 is 0.738 bits per heavy atom. The number of nitrogens with zero attached hydrogens (tertiary/aromatic N) is 4. The van der Waals surface area contributed by atoms with E-state index in [1.54, 1.807) is 35.3 Å². The molecule has 0 N–H and O–H groups in total. The largest absolute Gasteiger partial charge is 0.497 e. The summed E-state index contributed by atoms with van der Waals surface area (Å²) in [5.41, 5.74) is 3.07. The van der Waals surface area contributed by atoms with Crippen molar-refractivity contribution in [1.29, 1.82) is 0 Å². The summed E-state index contributed by atoms with van der Waals surface area (Å²) < 4.78 is 45.4. The van der Waals surface area contributed by atoms with Crippen LogP contribution in [0, 0.1) is 35.7 Å². The van der Waals surface area contributed by atoms with Gasteiger partial charge in [-0.1, -0.05) is 23.8 Å². The smallest absolute Gasteiger partial charge is 0.113 e. The number of ether oxygens (including phenoxy) is 1. The molecule has 0 unspecified atom stereocenters. The van der Waals surface area contributed by atoms with E-state index in [-0.39, 0.29) is 52.6 Å². The van der Waals surface area contributed by atoms with Gasteiger partial charge in [0, 0.05) is 83.4 Å². The van der Waals surface area contributed by atoms with Crippen LogP contribution in [0.25, 0.3) is 28.2 Å². The van der Waals surface area contributed by atoms with Crippen LogP contribution in [0.3, 0.4) is 0 Å². The first-order valence-electron chi connectivity index (χ1n) is 12.0. The number of benzene rings is 3. The molecule has 0 bridgehead atoms. The number of pyridine rings is 2. The molecule has 0 spiro atoms. The van der Waals surface area contributed by atoms with Crippen molar-refractivity contribution in [3.8, 4) is 34.0 Å². The van der Waals surface area contributed by atoms with Crippen molar-refractivity contribution in [3.05, 3.63) is 151 Å². The Balaban J connectivity index is 0.000000218. The van der Waals surface area contributed by atoms with Crippen molar-refractivity contribution in [1.82, 2.24) is 19.7 Å². The maximum atomic E-state index is 13.4. The van der Waals surface area contributed by atoms with Gasteiger partial charge in [0.15, 0.2) is 0 Å². The van der Waals surface area contributed by atoms with E-state index in [1.165, 1.54) is 25.4 Å². The van der Waals surface area contributed by atoms with Crippen LogP contribution in [0.15, 0.2) is 116 Å². The zero-order valence-corrected chi connectivity index (χ0v) is 26.6. The molecule has 0 saturated carbocycles. The maximum Gasteiger partial charge on any atom is 0.113 e. The van der Waals surface area contributed by atoms with E-state index in [2.05, 4.69) is 33.3 Å². The van der Waals surface area contributed by atoms with E-state index in [1.807, 2.05) is 54.7 Å². The van der Waals surface area contributed by atoms with E-state index in [0.29, 0.717) is 11.4 Å². The second-order valence-corrected chi connectivity index (χ2v) is 7.96. The van der Waals surface area contributed by atoms with E-state index in [0.717, 1.165) is 29.1 Å². The zero-order valence-electron chi connectivity index (χ0n) is 22.0. The van der Waals surface area contributed by atoms with E-state index < -0.39 is 11.6 Å². The van der Waals surface area contributed by atoms with Gasteiger partial charge in [-0.3, -0.25) is 17.9 Å². The topological polar surface area (TPSA) is 52.8 Å². The molecule has 0 atom stereocenters. The summed E-state index contributed by atoms with van der Waals surface area (Å²) in [4.78, 5) is 8.10. The molecule has 10 heteroatoms. The SMILES string of the molecule is COc1ccnc(-c2[c-]cc(F)cc2F)c1.Fc1c[c-]c(-c2ccccn2)cc1.[Ir].[Pt].[c-]1ccccc1-n1cccn1. The van der Waals surface area contributed by atoms with Crippen LogP contribution < -0.4 is 4.74 Å². The summed E-state index contributed by atoms with van der Waals surface area (Å²) >= 11 is 0. The quantitative estimate of drug-likeness (QED) is 0.176. The molecule has 0 fully saturated rings. The monoisotopic (exact) mass is 923 g/mol. The zero-order chi connectivity index (χ0) is 28.2. The minimum absolute atomic E-state index is 0. The van der Waals surface area contributed by atoms with E-state index in [9.17, 15) is 13.2 Å². The van der Waals surface area contributed by atoms with Gasteiger partial charge in [-0.2, -0.15) is 29.4 Å². The predicted molar refractivity (Wildman–Crippen MR) is 146 cm³/mol. The van der Waals surface area contributed by atoms with Gasteiger partial charge in [-0.25, -0.2) is 0 Å². The Kier molecular flexibility index (Phi) is 14.5. The van der Waals surface area contributed by atoms with Gasteiger partial charge in [0.1, 0.15) is 5.75 Å². The third-order valence-corrected chi connectivity index (χ3v) is 5.24. The second-order valence-electron chi connectivity index (χ2n) is 7.96.